The number of sulfonamides is 1. The van der Waals surface area contributed by atoms with Crippen LogP contribution >= 0.6 is 0 Å². The average Bonchev–Trinajstić information content (AvgIpc) is 3.16. The van der Waals surface area contributed by atoms with Crippen LogP contribution in [0.25, 0.3) is 0 Å². The Kier molecular flexibility index (Phi) is 6.06. The lowest BCUT2D eigenvalue weighted by Crippen LogP contribution is -2.41. The number of hydrogen-bond donors (Lipinski definition) is 0. The zero-order valence-electron chi connectivity index (χ0n) is 16.8. The first kappa shape index (κ1) is 21.0. The average molecular weight is 413 g/mol. The molecule has 7 heteroatoms. The smallest absolute Gasteiger partial charge is 0.324 e. The van der Waals surface area contributed by atoms with E-state index < -0.39 is 22.0 Å². The van der Waals surface area contributed by atoms with Gasteiger partial charge in [-0.15, -0.1) is 0 Å². The summed E-state index contributed by atoms with van der Waals surface area (Å²) in [7, 11) is -3.83. The summed E-state index contributed by atoms with van der Waals surface area (Å²) in [4.78, 5) is 13.0. The van der Waals surface area contributed by atoms with Crippen molar-refractivity contribution in [3.63, 3.8) is 0 Å². The van der Waals surface area contributed by atoms with Crippen molar-refractivity contribution >= 4 is 16.0 Å². The van der Waals surface area contributed by atoms with Crippen LogP contribution in [0.4, 0.5) is 0 Å². The molecular formula is C22H24N2O4S. The molecule has 3 rings (SSSR count). The van der Waals surface area contributed by atoms with E-state index in [1.165, 1.54) is 4.31 Å². The molecule has 1 atom stereocenters. The predicted octanol–water partition coefficient (Wildman–Crippen LogP) is 3.38. The fraction of sp³-hybridized carbons (Fsp3) is 0.364. The maximum Gasteiger partial charge on any atom is 0.324 e. The van der Waals surface area contributed by atoms with Crippen molar-refractivity contribution in [3.8, 4) is 6.07 Å². The summed E-state index contributed by atoms with van der Waals surface area (Å²) in [5, 5.41) is 9.16. The van der Waals surface area contributed by atoms with E-state index in [0.717, 1.165) is 5.56 Å². The van der Waals surface area contributed by atoms with E-state index in [1.54, 1.807) is 38.1 Å². The van der Waals surface area contributed by atoms with Crippen molar-refractivity contribution in [1.82, 2.24) is 4.31 Å². The summed E-state index contributed by atoms with van der Waals surface area (Å²) in [5.74, 6) is -0.582. The molecule has 0 aliphatic carbocycles. The maximum atomic E-state index is 13.4. The van der Waals surface area contributed by atoms with Gasteiger partial charge in [0.1, 0.15) is 12.6 Å². The van der Waals surface area contributed by atoms with E-state index in [1.807, 2.05) is 19.1 Å². The van der Waals surface area contributed by atoms with E-state index in [0.29, 0.717) is 35.1 Å². The van der Waals surface area contributed by atoms with Gasteiger partial charge in [-0.1, -0.05) is 35.9 Å². The van der Waals surface area contributed by atoms with Gasteiger partial charge in [0.25, 0.3) is 0 Å². The van der Waals surface area contributed by atoms with Gasteiger partial charge in [0.2, 0.25) is 10.0 Å². The number of carbonyl (C=O) groups excluding carboxylic acids is 1. The summed E-state index contributed by atoms with van der Waals surface area (Å²) in [6, 6.07) is 11.7. The predicted molar refractivity (Wildman–Crippen MR) is 109 cm³/mol. The molecule has 0 aromatic heterocycles. The van der Waals surface area contributed by atoms with Crippen LogP contribution in [0.3, 0.4) is 0 Å². The molecular weight excluding hydrogens is 388 g/mol. The summed E-state index contributed by atoms with van der Waals surface area (Å²) < 4.78 is 33.4. The Morgan fingerprint density at radius 3 is 2.52 bits per heavy atom. The lowest BCUT2D eigenvalue weighted by molar-refractivity contribution is -0.148. The minimum atomic E-state index is -3.83. The van der Waals surface area contributed by atoms with Gasteiger partial charge >= 0.3 is 5.97 Å². The standard InChI is InChI=1S/C22H24N2O4S/c1-15-11-16(2)21(17(3)12-15)29(26,27)24-10-6-9-20(24)22(25)28-14-19-8-5-4-7-18(19)13-23/h4-5,7-8,11-12,20H,6,9-10,14H2,1-3H3. The fourth-order valence-electron chi connectivity index (χ4n) is 3.95. The molecule has 29 heavy (non-hydrogen) atoms. The molecule has 152 valence electrons. The Hall–Kier alpha value is -2.69. The van der Waals surface area contributed by atoms with Crippen LogP contribution in [0.15, 0.2) is 41.3 Å². The second-order valence-electron chi connectivity index (χ2n) is 7.38. The van der Waals surface area contributed by atoms with Crippen LogP contribution in [0.1, 0.15) is 40.7 Å². The van der Waals surface area contributed by atoms with Gasteiger partial charge in [-0.2, -0.15) is 9.57 Å². The van der Waals surface area contributed by atoms with Gasteiger partial charge in [-0.25, -0.2) is 8.42 Å². The van der Waals surface area contributed by atoms with Gasteiger partial charge in [0.15, 0.2) is 0 Å². The van der Waals surface area contributed by atoms with Crippen LogP contribution in [0.5, 0.6) is 0 Å². The molecule has 2 aromatic rings. The summed E-state index contributed by atoms with van der Waals surface area (Å²) in [5.41, 5.74) is 3.37. The van der Waals surface area contributed by atoms with Crippen molar-refractivity contribution in [3.05, 3.63) is 64.2 Å². The van der Waals surface area contributed by atoms with Gasteiger partial charge in [-0.05, 0) is 50.8 Å². The summed E-state index contributed by atoms with van der Waals surface area (Å²) in [6.07, 6.45) is 1.01. The quantitative estimate of drug-likeness (QED) is 0.703. The van der Waals surface area contributed by atoms with Crippen LogP contribution in [-0.2, 0) is 26.2 Å². The Bertz CT molecular complexity index is 1060. The van der Waals surface area contributed by atoms with Crippen LogP contribution in [0, 0.1) is 32.1 Å². The largest absolute Gasteiger partial charge is 0.460 e. The summed E-state index contributed by atoms with van der Waals surface area (Å²) >= 11 is 0. The number of hydrogen-bond acceptors (Lipinski definition) is 5. The molecule has 0 radical (unpaired) electrons. The lowest BCUT2D eigenvalue weighted by atomic mass is 10.1. The topological polar surface area (TPSA) is 87.5 Å². The highest BCUT2D eigenvalue weighted by Gasteiger charge is 2.41. The van der Waals surface area contributed by atoms with Crippen LogP contribution in [-0.4, -0.2) is 31.3 Å². The van der Waals surface area contributed by atoms with Crippen LogP contribution < -0.4 is 0 Å². The molecule has 0 N–H and O–H groups in total. The first-order valence-corrected chi connectivity index (χ1v) is 10.9. The number of ether oxygens (including phenoxy) is 1. The lowest BCUT2D eigenvalue weighted by Gasteiger charge is -2.25. The molecule has 2 aromatic carbocycles. The van der Waals surface area contributed by atoms with E-state index in [-0.39, 0.29) is 18.0 Å². The van der Waals surface area contributed by atoms with Crippen molar-refractivity contribution in [1.29, 1.82) is 5.26 Å². The molecule has 1 aliphatic heterocycles. The molecule has 1 unspecified atom stereocenters. The zero-order chi connectivity index (χ0) is 21.2. The number of esters is 1. The SMILES string of the molecule is Cc1cc(C)c(S(=O)(=O)N2CCCC2C(=O)OCc2ccccc2C#N)c(C)c1. The molecule has 0 saturated carbocycles. The second-order valence-corrected chi connectivity index (χ2v) is 9.21. The van der Waals surface area contributed by atoms with E-state index in [9.17, 15) is 13.2 Å². The highest BCUT2D eigenvalue weighted by molar-refractivity contribution is 7.89. The first-order valence-electron chi connectivity index (χ1n) is 9.50. The van der Waals surface area contributed by atoms with Gasteiger partial charge in [0, 0.05) is 12.1 Å². The Balaban J connectivity index is 1.82. The molecule has 0 amide bonds. The molecule has 1 aliphatic rings. The fourth-order valence-corrected chi connectivity index (χ4v) is 6.02. The van der Waals surface area contributed by atoms with Gasteiger partial charge in [0.05, 0.1) is 16.5 Å². The molecule has 0 bridgehead atoms. The van der Waals surface area contributed by atoms with Crippen molar-refractivity contribution in [2.75, 3.05) is 6.54 Å². The highest BCUT2D eigenvalue weighted by atomic mass is 32.2. The van der Waals surface area contributed by atoms with Crippen molar-refractivity contribution in [2.45, 2.75) is 51.2 Å². The minimum Gasteiger partial charge on any atom is -0.460 e. The van der Waals surface area contributed by atoms with Crippen molar-refractivity contribution < 1.29 is 17.9 Å². The third kappa shape index (κ3) is 4.19. The van der Waals surface area contributed by atoms with E-state index in [2.05, 4.69) is 6.07 Å². The number of benzene rings is 2. The Morgan fingerprint density at radius 2 is 1.86 bits per heavy atom. The highest BCUT2D eigenvalue weighted by Crippen LogP contribution is 2.31. The summed E-state index contributed by atoms with van der Waals surface area (Å²) in [6.45, 7) is 5.69. The Morgan fingerprint density at radius 1 is 1.21 bits per heavy atom. The van der Waals surface area contributed by atoms with E-state index in [4.69, 9.17) is 10.00 Å². The molecule has 6 nitrogen and oxygen atoms in total. The molecule has 1 saturated heterocycles. The minimum absolute atomic E-state index is 0.0600. The number of carbonyl (C=O) groups is 1. The third-order valence-electron chi connectivity index (χ3n) is 5.15. The number of aryl methyl sites for hydroxylation is 3. The number of nitrogens with zero attached hydrogens (tertiary/aromatic N) is 2. The van der Waals surface area contributed by atoms with Crippen molar-refractivity contribution in [2.24, 2.45) is 0 Å². The third-order valence-corrected chi connectivity index (χ3v) is 7.37. The maximum absolute atomic E-state index is 13.4. The molecule has 0 spiro atoms. The molecule has 1 fully saturated rings. The van der Waals surface area contributed by atoms with Crippen LogP contribution in [0.2, 0.25) is 0 Å². The van der Waals surface area contributed by atoms with Gasteiger partial charge in [-0.3, -0.25) is 4.79 Å². The zero-order valence-corrected chi connectivity index (χ0v) is 17.6. The molecule has 1 heterocycles. The normalized spacial score (nSPS) is 17.1. The monoisotopic (exact) mass is 412 g/mol. The van der Waals surface area contributed by atoms with E-state index >= 15 is 0 Å². The number of nitriles is 1. The Labute approximate surface area is 171 Å². The first-order chi connectivity index (χ1) is 13.8. The second kappa shape index (κ2) is 8.36. The van der Waals surface area contributed by atoms with Gasteiger partial charge < -0.3 is 4.74 Å². The number of rotatable bonds is 5.